The van der Waals surface area contributed by atoms with E-state index in [2.05, 4.69) is 19.2 Å². The minimum Gasteiger partial charge on any atom is -0.493 e. The Labute approximate surface area is 145 Å². The molecule has 2 rings (SSSR count). The van der Waals surface area contributed by atoms with Crippen molar-refractivity contribution >= 4 is 6.03 Å². The van der Waals surface area contributed by atoms with E-state index < -0.39 is 0 Å². The third-order valence-corrected chi connectivity index (χ3v) is 4.50. The molecular formula is C19H30N2O3. The van der Waals surface area contributed by atoms with E-state index in [1.165, 1.54) is 0 Å². The van der Waals surface area contributed by atoms with Crippen LogP contribution in [0, 0.1) is 11.8 Å². The maximum atomic E-state index is 12.4. The van der Waals surface area contributed by atoms with Gasteiger partial charge in [0, 0.05) is 19.0 Å². The Morgan fingerprint density at radius 1 is 1.29 bits per heavy atom. The molecule has 5 heteroatoms. The van der Waals surface area contributed by atoms with Gasteiger partial charge in [-0.1, -0.05) is 26.0 Å². The molecular weight excluding hydrogens is 304 g/mol. The van der Waals surface area contributed by atoms with Crippen LogP contribution in [0.15, 0.2) is 24.3 Å². The van der Waals surface area contributed by atoms with Crippen molar-refractivity contribution in [2.45, 2.75) is 46.3 Å². The Balaban J connectivity index is 1.85. The highest BCUT2D eigenvalue weighted by Gasteiger charge is 2.29. The molecule has 1 heterocycles. The number of carbonyl (C=O) groups excluding carboxylic acids is 1. The Morgan fingerprint density at radius 3 is 2.50 bits per heavy atom. The number of amides is 2. The van der Waals surface area contributed by atoms with E-state index in [0.29, 0.717) is 25.6 Å². The van der Waals surface area contributed by atoms with Crippen LogP contribution >= 0.6 is 0 Å². The molecule has 0 aliphatic carbocycles. The van der Waals surface area contributed by atoms with E-state index in [0.717, 1.165) is 17.7 Å². The van der Waals surface area contributed by atoms with Gasteiger partial charge in [0.15, 0.2) is 0 Å². The lowest BCUT2D eigenvalue weighted by molar-refractivity contribution is 0.129. The Morgan fingerprint density at radius 2 is 1.96 bits per heavy atom. The molecule has 24 heavy (non-hydrogen) atoms. The minimum absolute atomic E-state index is 0.0641. The fourth-order valence-corrected chi connectivity index (χ4v) is 2.84. The molecule has 134 valence electrons. The zero-order valence-corrected chi connectivity index (χ0v) is 15.2. The predicted molar refractivity (Wildman–Crippen MR) is 95.1 cm³/mol. The maximum absolute atomic E-state index is 12.4. The molecule has 1 aliphatic rings. The van der Waals surface area contributed by atoms with Crippen molar-refractivity contribution < 1.29 is 14.6 Å². The number of ether oxygens (including phenoxy) is 1. The van der Waals surface area contributed by atoms with Gasteiger partial charge in [0.25, 0.3) is 0 Å². The van der Waals surface area contributed by atoms with Crippen LogP contribution in [-0.2, 0) is 0 Å². The van der Waals surface area contributed by atoms with Gasteiger partial charge in [0.05, 0.1) is 18.8 Å². The number of aliphatic hydroxyl groups excluding tert-OH is 1. The van der Waals surface area contributed by atoms with Crippen molar-refractivity contribution in [3.63, 3.8) is 0 Å². The number of urea groups is 1. The van der Waals surface area contributed by atoms with E-state index in [1.807, 2.05) is 31.2 Å². The molecule has 3 atom stereocenters. The van der Waals surface area contributed by atoms with Crippen molar-refractivity contribution in [2.24, 2.45) is 11.8 Å². The molecule has 5 nitrogen and oxygen atoms in total. The highest BCUT2D eigenvalue weighted by molar-refractivity contribution is 5.75. The Hall–Kier alpha value is -1.75. The van der Waals surface area contributed by atoms with E-state index in [4.69, 9.17) is 4.74 Å². The normalized spacial score (nSPS) is 20.1. The fraction of sp³-hybridized carbons (Fsp3) is 0.632. The number of nitrogens with one attached hydrogen (secondary N) is 1. The first-order valence-corrected chi connectivity index (χ1v) is 8.83. The van der Waals surface area contributed by atoms with Gasteiger partial charge < -0.3 is 20.1 Å². The number of nitrogens with zero attached hydrogens (tertiary/aromatic N) is 1. The molecule has 0 spiro atoms. The maximum Gasteiger partial charge on any atom is 0.317 e. The van der Waals surface area contributed by atoms with Gasteiger partial charge in [0.1, 0.15) is 5.75 Å². The van der Waals surface area contributed by atoms with Crippen molar-refractivity contribution in [3.8, 4) is 5.75 Å². The van der Waals surface area contributed by atoms with Gasteiger partial charge in [-0.05, 0) is 43.9 Å². The number of aliphatic hydroxyl groups is 1. The first-order chi connectivity index (χ1) is 11.4. The zero-order chi connectivity index (χ0) is 17.7. The zero-order valence-electron chi connectivity index (χ0n) is 15.2. The van der Waals surface area contributed by atoms with Crippen LogP contribution in [0.3, 0.4) is 0 Å². The molecule has 1 aliphatic heterocycles. The molecule has 2 N–H and O–H groups in total. The molecule has 0 unspecified atom stereocenters. The second-order valence-electron chi connectivity index (χ2n) is 7.18. The van der Waals surface area contributed by atoms with Gasteiger partial charge >= 0.3 is 6.03 Å². The van der Waals surface area contributed by atoms with E-state index in [-0.39, 0.29) is 24.1 Å². The quantitative estimate of drug-likeness (QED) is 0.840. The van der Waals surface area contributed by atoms with Gasteiger partial charge in [-0.25, -0.2) is 4.79 Å². The van der Waals surface area contributed by atoms with Crippen molar-refractivity contribution in [2.75, 3.05) is 19.7 Å². The largest absolute Gasteiger partial charge is 0.493 e. The number of carbonyl (C=O) groups is 1. The summed E-state index contributed by atoms with van der Waals surface area (Å²) in [4.78, 5) is 14.1. The van der Waals surface area contributed by atoms with Gasteiger partial charge in [-0.15, -0.1) is 0 Å². The summed E-state index contributed by atoms with van der Waals surface area (Å²) in [6.07, 6.45) is 0.500. The van der Waals surface area contributed by atoms with Crippen molar-refractivity contribution in [1.29, 1.82) is 0 Å². The van der Waals surface area contributed by atoms with Crippen molar-refractivity contribution in [3.05, 3.63) is 29.8 Å². The molecule has 1 aromatic carbocycles. The lowest BCUT2D eigenvalue weighted by Crippen LogP contribution is -2.40. The fourth-order valence-electron chi connectivity index (χ4n) is 2.84. The summed E-state index contributed by atoms with van der Waals surface area (Å²) in [6.45, 7) is 10.0. The average molecular weight is 334 g/mol. The smallest absolute Gasteiger partial charge is 0.317 e. The summed E-state index contributed by atoms with van der Waals surface area (Å²) < 4.78 is 5.68. The number of rotatable bonds is 6. The third-order valence-electron chi connectivity index (χ3n) is 4.50. The second kappa shape index (κ2) is 8.38. The Kier molecular flexibility index (Phi) is 6.49. The SMILES string of the molecule is CC(C)COc1ccc([C@H](C)NC(=O)N2CC[C@@H]([C@@H](C)O)C2)cc1. The monoisotopic (exact) mass is 334 g/mol. The molecule has 0 radical (unpaired) electrons. The number of benzene rings is 1. The first kappa shape index (κ1) is 18.6. The summed E-state index contributed by atoms with van der Waals surface area (Å²) >= 11 is 0. The molecule has 0 saturated carbocycles. The molecule has 0 aromatic heterocycles. The predicted octanol–water partition coefficient (Wildman–Crippen LogP) is 3.19. The highest BCUT2D eigenvalue weighted by Crippen LogP contribution is 2.22. The molecule has 1 aromatic rings. The summed E-state index contributed by atoms with van der Waals surface area (Å²) in [7, 11) is 0. The van der Waals surface area contributed by atoms with Gasteiger partial charge in [-0.3, -0.25) is 0 Å². The van der Waals surface area contributed by atoms with Crippen molar-refractivity contribution in [1.82, 2.24) is 10.2 Å². The van der Waals surface area contributed by atoms with Crippen LogP contribution in [0.2, 0.25) is 0 Å². The lowest BCUT2D eigenvalue weighted by Gasteiger charge is -2.22. The second-order valence-corrected chi connectivity index (χ2v) is 7.18. The number of likely N-dealkylation sites (tertiary alicyclic amines) is 1. The van der Waals surface area contributed by atoms with Crippen LogP contribution in [0.1, 0.15) is 45.7 Å². The van der Waals surface area contributed by atoms with E-state index >= 15 is 0 Å². The van der Waals surface area contributed by atoms with Crippen LogP contribution < -0.4 is 10.1 Å². The first-order valence-electron chi connectivity index (χ1n) is 8.83. The van der Waals surface area contributed by atoms with Crippen LogP contribution in [0.4, 0.5) is 4.79 Å². The van der Waals surface area contributed by atoms with E-state index in [1.54, 1.807) is 11.8 Å². The topological polar surface area (TPSA) is 61.8 Å². The number of hydrogen-bond acceptors (Lipinski definition) is 3. The standard InChI is InChI=1S/C19H30N2O3/c1-13(2)12-24-18-7-5-16(6-8-18)14(3)20-19(23)21-10-9-17(11-21)15(4)22/h5-8,13-15,17,22H,9-12H2,1-4H3,(H,20,23)/t14-,15+,17+/m0/s1. The summed E-state index contributed by atoms with van der Waals surface area (Å²) in [5, 5.41) is 12.7. The summed E-state index contributed by atoms with van der Waals surface area (Å²) in [5.74, 6) is 1.53. The average Bonchev–Trinajstić information content (AvgIpc) is 3.03. The van der Waals surface area contributed by atoms with E-state index in [9.17, 15) is 9.90 Å². The lowest BCUT2D eigenvalue weighted by atomic mass is 10.0. The molecule has 1 saturated heterocycles. The minimum atomic E-state index is -0.362. The molecule has 2 amide bonds. The van der Waals surface area contributed by atoms with Gasteiger partial charge in [-0.2, -0.15) is 0 Å². The summed E-state index contributed by atoms with van der Waals surface area (Å²) in [6, 6.07) is 7.74. The summed E-state index contributed by atoms with van der Waals surface area (Å²) in [5.41, 5.74) is 1.05. The highest BCUT2D eigenvalue weighted by atomic mass is 16.5. The molecule has 1 fully saturated rings. The number of hydrogen-bond donors (Lipinski definition) is 2. The van der Waals surface area contributed by atoms with Crippen LogP contribution in [-0.4, -0.2) is 41.8 Å². The van der Waals surface area contributed by atoms with Crippen LogP contribution in [0.25, 0.3) is 0 Å². The third kappa shape index (κ3) is 5.13. The van der Waals surface area contributed by atoms with Crippen LogP contribution in [0.5, 0.6) is 5.75 Å². The molecule has 0 bridgehead atoms. The van der Waals surface area contributed by atoms with Gasteiger partial charge in [0.2, 0.25) is 0 Å². The Bertz CT molecular complexity index is 528.